The van der Waals surface area contributed by atoms with Gasteiger partial charge in [0.1, 0.15) is 6.04 Å². The molecule has 1 rings (SSSR count). The molecule has 1 aromatic heterocycles. The number of likely N-dealkylation sites (N-methyl/N-ethyl adjacent to an activating group) is 2. The Morgan fingerprint density at radius 1 is 1.39 bits per heavy atom. The Bertz CT molecular complexity index is 391. The van der Waals surface area contributed by atoms with Gasteiger partial charge in [-0.1, -0.05) is 5.16 Å². The van der Waals surface area contributed by atoms with Crippen LogP contribution in [0.3, 0.4) is 0 Å². The van der Waals surface area contributed by atoms with Gasteiger partial charge in [0.2, 0.25) is 5.89 Å². The molecule has 0 fully saturated rings. The lowest BCUT2D eigenvalue weighted by atomic mass is 10.3. The molecule has 18 heavy (non-hydrogen) atoms. The molecule has 0 radical (unpaired) electrons. The largest absolute Gasteiger partial charge is 0.337 e. The Kier molecular flexibility index (Phi) is 5.08. The molecule has 2 amide bonds. The van der Waals surface area contributed by atoms with E-state index in [1.165, 1.54) is 0 Å². The smallest absolute Gasteiger partial charge is 0.317 e. The fraction of sp³-hybridized carbons (Fsp3) is 0.727. The van der Waals surface area contributed by atoms with Crippen molar-refractivity contribution in [3.63, 3.8) is 0 Å². The molecule has 7 nitrogen and oxygen atoms in total. The van der Waals surface area contributed by atoms with Crippen LogP contribution in [0.1, 0.15) is 24.7 Å². The number of carbonyl (C=O) groups excluding carboxylic acids is 1. The Morgan fingerprint density at radius 3 is 2.56 bits per heavy atom. The number of carbonyl (C=O) groups is 1. The van der Waals surface area contributed by atoms with Crippen molar-refractivity contribution in [2.45, 2.75) is 19.9 Å². The second-order valence-electron chi connectivity index (χ2n) is 4.58. The SMILES string of the molecule is Cc1noc(C(C)NC(=O)N(C)CCN(C)C)n1. The number of rotatable bonds is 5. The van der Waals surface area contributed by atoms with Crippen LogP contribution in [0.15, 0.2) is 4.52 Å². The molecular formula is C11H21N5O2. The van der Waals surface area contributed by atoms with E-state index in [9.17, 15) is 4.79 Å². The molecule has 1 heterocycles. The minimum atomic E-state index is -0.291. The molecule has 0 aromatic carbocycles. The van der Waals surface area contributed by atoms with Gasteiger partial charge in [0.05, 0.1) is 0 Å². The number of urea groups is 1. The Balaban J connectivity index is 2.44. The quantitative estimate of drug-likeness (QED) is 0.835. The molecule has 1 atom stereocenters. The summed E-state index contributed by atoms with van der Waals surface area (Å²) in [6.07, 6.45) is 0. The highest BCUT2D eigenvalue weighted by Crippen LogP contribution is 2.09. The average Bonchev–Trinajstić information content (AvgIpc) is 2.72. The van der Waals surface area contributed by atoms with Crippen molar-refractivity contribution < 1.29 is 9.32 Å². The molecule has 7 heteroatoms. The third-order valence-electron chi connectivity index (χ3n) is 2.48. The first-order chi connectivity index (χ1) is 8.40. The summed E-state index contributed by atoms with van der Waals surface area (Å²) in [4.78, 5) is 19.6. The number of aryl methyl sites for hydroxylation is 1. The third-order valence-corrected chi connectivity index (χ3v) is 2.48. The van der Waals surface area contributed by atoms with Gasteiger partial charge < -0.3 is 19.6 Å². The normalized spacial score (nSPS) is 12.6. The van der Waals surface area contributed by atoms with Crippen molar-refractivity contribution in [1.82, 2.24) is 25.3 Å². The van der Waals surface area contributed by atoms with E-state index < -0.39 is 0 Å². The van der Waals surface area contributed by atoms with Gasteiger partial charge in [0.15, 0.2) is 5.82 Å². The molecule has 0 aliphatic carbocycles. The summed E-state index contributed by atoms with van der Waals surface area (Å²) < 4.78 is 5.00. The third kappa shape index (κ3) is 4.33. The van der Waals surface area contributed by atoms with Gasteiger partial charge in [-0.3, -0.25) is 0 Å². The van der Waals surface area contributed by atoms with E-state index in [0.717, 1.165) is 6.54 Å². The van der Waals surface area contributed by atoms with E-state index in [1.807, 2.05) is 25.9 Å². The summed E-state index contributed by atoms with van der Waals surface area (Å²) in [5, 5.41) is 6.50. The van der Waals surface area contributed by atoms with Crippen LogP contribution in [-0.2, 0) is 0 Å². The number of nitrogens with one attached hydrogen (secondary N) is 1. The lowest BCUT2D eigenvalue weighted by molar-refractivity contribution is 0.197. The standard InChI is InChI=1S/C11H21N5O2/c1-8(10-13-9(2)14-18-10)12-11(17)16(5)7-6-15(3)4/h8H,6-7H2,1-5H3,(H,12,17). The Hall–Kier alpha value is -1.63. The van der Waals surface area contributed by atoms with Crippen LogP contribution in [0.4, 0.5) is 4.79 Å². The number of hydrogen-bond donors (Lipinski definition) is 1. The molecule has 0 aliphatic heterocycles. The number of amides is 2. The van der Waals surface area contributed by atoms with Gasteiger partial charge >= 0.3 is 6.03 Å². The van der Waals surface area contributed by atoms with Gasteiger partial charge in [-0.15, -0.1) is 0 Å². The van der Waals surface area contributed by atoms with Crippen LogP contribution in [0.25, 0.3) is 0 Å². The van der Waals surface area contributed by atoms with Crippen molar-refractivity contribution in [1.29, 1.82) is 0 Å². The van der Waals surface area contributed by atoms with Gasteiger partial charge in [-0.05, 0) is 27.9 Å². The summed E-state index contributed by atoms with van der Waals surface area (Å²) in [6, 6.07) is -0.444. The Morgan fingerprint density at radius 2 is 2.06 bits per heavy atom. The van der Waals surface area contributed by atoms with Gasteiger partial charge in [0.25, 0.3) is 0 Å². The van der Waals surface area contributed by atoms with Crippen molar-refractivity contribution in [3.05, 3.63) is 11.7 Å². The summed E-state index contributed by atoms with van der Waals surface area (Å²) >= 11 is 0. The highest BCUT2D eigenvalue weighted by molar-refractivity contribution is 5.74. The summed E-state index contributed by atoms with van der Waals surface area (Å²) in [6.45, 7) is 5.03. The zero-order valence-electron chi connectivity index (χ0n) is 11.6. The van der Waals surface area contributed by atoms with Crippen LogP contribution in [0.5, 0.6) is 0 Å². The second-order valence-corrected chi connectivity index (χ2v) is 4.58. The second kappa shape index (κ2) is 6.34. The van der Waals surface area contributed by atoms with Crippen LogP contribution < -0.4 is 5.32 Å². The predicted molar refractivity (Wildman–Crippen MR) is 67.2 cm³/mol. The van der Waals surface area contributed by atoms with Crippen molar-refractivity contribution >= 4 is 6.03 Å². The van der Waals surface area contributed by atoms with E-state index in [-0.39, 0.29) is 12.1 Å². The van der Waals surface area contributed by atoms with E-state index >= 15 is 0 Å². The molecule has 0 saturated heterocycles. The first-order valence-corrected chi connectivity index (χ1v) is 5.86. The maximum atomic E-state index is 11.9. The van der Waals surface area contributed by atoms with Crippen LogP contribution >= 0.6 is 0 Å². The van der Waals surface area contributed by atoms with Crippen LogP contribution in [0, 0.1) is 6.92 Å². The summed E-state index contributed by atoms with van der Waals surface area (Å²) in [7, 11) is 5.69. The fourth-order valence-corrected chi connectivity index (χ4v) is 1.30. The fourth-order valence-electron chi connectivity index (χ4n) is 1.30. The summed E-state index contributed by atoms with van der Waals surface area (Å²) in [5.74, 6) is 0.980. The van der Waals surface area contributed by atoms with Gasteiger partial charge in [0, 0.05) is 20.1 Å². The van der Waals surface area contributed by atoms with Gasteiger partial charge in [-0.2, -0.15) is 4.98 Å². The highest BCUT2D eigenvalue weighted by Gasteiger charge is 2.17. The van der Waals surface area contributed by atoms with Crippen LogP contribution in [0.2, 0.25) is 0 Å². The number of aromatic nitrogens is 2. The first kappa shape index (κ1) is 14.4. The zero-order chi connectivity index (χ0) is 13.7. The highest BCUT2D eigenvalue weighted by atomic mass is 16.5. The van der Waals surface area contributed by atoms with Crippen molar-refractivity contribution in [3.8, 4) is 0 Å². The van der Waals surface area contributed by atoms with Crippen molar-refractivity contribution in [2.24, 2.45) is 0 Å². The zero-order valence-corrected chi connectivity index (χ0v) is 11.6. The molecule has 1 unspecified atom stereocenters. The monoisotopic (exact) mass is 255 g/mol. The average molecular weight is 255 g/mol. The lowest BCUT2D eigenvalue weighted by Crippen LogP contribution is -2.41. The molecular weight excluding hydrogens is 234 g/mol. The maximum Gasteiger partial charge on any atom is 0.317 e. The molecule has 0 saturated carbocycles. The molecule has 0 bridgehead atoms. The molecule has 102 valence electrons. The lowest BCUT2D eigenvalue weighted by Gasteiger charge is -2.21. The predicted octanol–water partition coefficient (Wildman–Crippen LogP) is 0.642. The molecule has 1 N–H and O–H groups in total. The topological polar surface area (TPSA) is 74.5 Å². The molecule has 0 spiro atoms. The van der Waals surface area contributed by atoms with E-state index in [1.54, 1.807) is 18.9 Å². The van der Waals surface area contributed by atoms with E-state index in [0.29, 0.717) is 18.3 Å². The molecule has 1 aromatic rings. The van der Waals surface area contributed by atoms with Gasteiger partial charge in [-0.25, -0.2) is 4.79 Å². The molecule has 0 aliphatic rings. The van der Waals surface area contributed by atoms with Crippen molar-refractivity contribution in [2.75, 3.05) is 34.2 Å². The minimum absolute atomic E-state index is 0.153. The van der Waals surface area contributed by atoms with E-state index in [4.69, 9.17) is 4.52 Å². The Labute approximate surface area is 107 Å². The minimum Gasteiger partial charge on any atom is -0.337 e. The number of hydrogen-bond acceptors (Lipinski definition) is 5. The first-order valence-electron chi connectivity index (χ1n) is 5.86. The summed E-state index contributed by atoms with van der Waals surface area (Å²) in [5.41, 5.74) is 0. The maximum absolute atomic E-state index is 11.9. The van der Waals surface area contributed by atoms with Crippen LogP contribution in [-0.4, -0.2) is 60.2 Å². The van der Waals surface area contributed by atoms with E-state index in [2.05, 4.69) is 15.5 Å². The number of nitrogens with zero attached hydrogens (tertiary/aromatic N) is 4.